The fourth-order valence-corrected chi connectivity index (χ4v) is 3.94. The van der Waals surface area contributed by atoms with Gasteiger partial charge in [0.1, 0.15) is 5.82 Å². The van der Waals surface area contributed by atoms with Crippen LogP contribution in [-0.4, -0.2) is 45.9 Å². The van der Waals surface area contributed by atoms with Crippen LogP contribution in [0, 0.1) is 18.8 Å². The minimum absolute atomic E-state index is 0.0188. The molecule has 0 aromatic carbocycles. The Labute approximate surface area is 145 Å². The number of hydrogen-bond donors (Lipinski definition) is 1. The summed E-state index contributed by atoms with van der Waals surface area (Å²) in [5.41, 5.74) is 0.567. The molecule has 0 saturated carbocycles. The second-order valence-corrected chi connectivity index (χ2v) is 7.50. The first-order valence-electron chi connectivity index (χ1n) is 8.85. The molecule has 0 aliphatic carbocycles. The molecule has 1 amide bonds. The van der Waals surface area contributed by atoms with Crippen LogP contribution in [0.15, 0.2) is 6.07 Å². The van der Waals surface area contributed by atoms with Crippen molar-refractivity contribution in [1.29, 1.82) is 0 Å². The van der Waals surface area contributed by atoms with Crippen molar-refractivity contribution in [1.82, 2.24) is 14.7 Å². The van der Waals surface area contributed by atoms with Crippen molar-refractivity contribution in [3.05, 3.63) is 11.8 Å². The number of carbonyl (C=O) groups is 1. The number of carbonyl (C=O) groups excluding carboxylic acids is 1. The summed E-state index contributed by atoms with van der Waals surface area (Å²) < 4.78 is 41.6. The summed E-state index contributed by atoms with van der Waals surface area (Å²) in [6.07, 6.45) is -2.73. The number of anilines is 1. The predicted molar refractivity (Wildman–Crippen MR) is 88.2 cm³/mol. The summed E-state index contributed by atoms with van der Waals surface area (Å²) in [4.78, 5) is 14.1. The van der Waals surface area contributed by atoms with Gasteiger partial charge in [-0.1, -0.05) is 13.8 Å². The smallest absolute Gasteiger partial charge is 0.367 e. The number of fused-ring (bicyclic) bond motifs is 1. The van der Waals surface area contributed by atoms with E-state index in [-0.39, 0.29) is 30.2 Å². The van der Waals surface area contributed by atoms with E-state index in [0.717, 1.165) is 17.5 Å². The van der Waals surface area contributed by atoms with Crippen molar-refractivity contribution in [3.8, 4) is 0 Å². The summed E-state index contributed by atoms with van der Waals surface area (Å²) in [6, 6.07) is -0.262. The molecule has 1 aromatic rings. The van der Waals surface area contributed by atoms with E-state index < -0.39 is 12.2 Å². The van der Waals surface area contributed by atoms with Gasteiger partial charge >= 0.3 is 6.18 Å². The van der Waals surface area contributed by atoms with E-state index in [1.165, 1.54) is 0 Å². The summed E-state index contributed by atoms with van der Waals surface area (Å²) in [6.45, 7) is 6.61. The van der Waals surface area contributed by atoms with Crippen molar-refractivity contribution >= 4 is 11.7 Å². The number of alkyl halides is 3. The Hall–Kier alpha value is -1.73. The number of piperidine rings is 1. The second kappa shape index (κ2) is 6.53. The zero-order chi connectivity index (χ0) is 18.4. The molecule has 2 aliphatic rings. The molecule has 3 atom stereocenters. The lowest BCUT2D eigenvalue weighted by molar-refractivity contribution is -0.175. The first-order chi connectivity index (χ1) is 11.7. The molecule has 2 aliphatic heterocycles. The Balaban J connectivity index is 1.80. The van der Waals surface area contributed by atoms with Crippen molar-refractivity contribution in [2.75, 3.05) is 18.4 Å². The van der Waals surface area contributed by atoms with E-state index in [4.69, 9.17) is 0 Å². The highest BCUT2D eigenvalue weighted by molar-refractivity contribution is 5.78. The van der Waals surface area contributed by atoms with E-state index >= 15 is 0 Å². The van der Waals surface area contributed by atoms with Crippen LogP contribution >= 0.6 is 0 Å². The monoisotopic (exact) mass is 358 g/mol. The van der Waals surface area contributed by atoms with Crippen LogP contribution in [0.4, 0.5) is 19.0 Å². The standard InChI is InChI=1S/C17H25F3N4O/c1-10(2)16(25)23-6-4-5-12(9-23)13-8-14(17(18,19)20)24-15(21-13)7-11(3)22-24/h7,10,12-14,21H,4-6,8-9H2,1-3H3/t12?,13-,14+/m0/s1. The Morgan fingerprint density at radius 1 is 1.40 bits per heavy atom. The number of aryl methyl sites for hydroxylation is 1. The molecule has 0 bridgehead atoms. The Bertz CT molecular complexity index is 640. The minimum Gasteiger partial charge on any atom is -0.367 e. The zero-order valence-electron chi connectivity index (χ0n) is 14.8. The SMILES string of the molecule is Cc1cc2n(n1)[C@@H](C(F)(F)F)C[C@@H](C1CCCN(C(=O)C(C)C)C1)N2. The minimum atomic E-state index is -4.34. The number of likely N-dealkylation sites (tertiary alicyclic amines) is 1. The number of halogens is 3. The maximum absolute atomic E-state index is 13.5. The third kappa shape index (κ3) is 3.62. The molecule has 0 spiro atoms. The topological polar surface area (TPSA) is 50.2 Å². The largest absolute Gasteiger partial charge is 0.410 e. The fourth-order valence-electron chi connectivity index (χ4n) is 3.94. The quantitative estimate of drug-likeness (QED) is 0.882. The molecule has 1 unspecified atom stereocenters. The molecule has 8 heteroatoms. The average Bonchev–Trinajstić information content (AvgIpc) is 2.92. The van der Waals surface area contributed by atoms with Gasteiger partial charge in [0.25, 0.3) is 0 Å². The van der Waals surface area contributed by atoms with Gasteiger partial charge in [-0.25, -0.2) is 4.68 Å². The van der Waals surface area contributed by atoms with Crippen LogP contribution in [-0.2, 0) is 4.79 Å². The zero-order valence-corrected chi connectivity index (χ0v) is 14.8. The number of nitrogens with zero attached hydrogens (tertiary/aromatic N) is 3. The lowest BCUT2D eigenvalue weighted by atomic mass is 9.85. The maximum atomic E-state index is 13.5. The fraction of sp³-hybridized carbons (Fsp3) is 0.765. The third-order valence-electron chi connectivity index (χ3n) is 5.17. The van der Waals surface area contributed by atoms with Gasteiger partial charge in [0, 0.05) is 31.1 Å². The molecule has 25 heavy (non-hydrogen) atoms. The van der Waals surface area contributed by atoms with Gasteiger partial charge in [-0.3, -0.25) is 4.79 Å². The van der Waals surface area contributed by atoms with Crippen LogP contribution in [0.25, 0.3) is 0 Å². The van der Waals surface area contributed by atoms with E-state index in [1.807, 2.05) is 13.8 Å². The van der Waals surface area contributed by atoms with E-state index in [2.05, 4.69) is 10.4 Å². The number of aromatic nitrogens is 2. The Morgan fingerprint density at radius 2 is 2.12 bits per heavy atom. The first-order valence-corrected chi connectivity index (χ1v) is 8.85. The average molecular weight is 358 g/mol. The molecule has 1 saturated heterocycles. The molecule has 5 nitrogen and oxygen atoms in total. The van der Waals surface area contributed by atoms with Crippen molar-refractivity contribution in [2.24, 2.45) is 11.8 Å². The summed E-state index contributed by atoms with van der Waals surface area (Å²) in [5.74, 6) is 0.424. The predicted octanol–water partition coefficient (Wildman–Crippen LogP) is 3.37. The molecule has 3 heterocycles. The highest BCUT2D eigenvalue weighted by atomic mass is 19.4. The van der Waals surface area contributed by atoms with E-state index in [0.29, 0.717) is 24.6 Å². The number of nitrogens with one attached hydrogen (secondary N) is 1. The van der Waals surface area contributed by atoms with Gasteiger partial charge in [0.15, 0.2) is 6.04 Å². The molecule has 3 rings (SSSR count). The van der Waals surface area contributed by atoms with Gasteiger partial charge in [0.05, 0.1) is 5.69 Å². The van der Waals surface area contributed by atoms with Crippen molar-refractivity contribution in [2.45, 2.75) is 58.3 Å². The Morgan fingerprint density at radius 3 is 2.76 bits per heavy atom. The molecule has 1 fully saturated rings. The number of hydrogen-bond acceptors (Lipinski definition) is 3. The molecule has 140 valence electrons. The summed E-state index contributed by atoms with van der Waals surface area (Å²) >= 11 is 0. The molecular formula is C17H25F3N4O. The molecule has 1 aromatic heterocycles. The van der Waals surface area contributed by atoms with Crippen molar-refractivity contribution < 1.29 is 18.0 Å². The molecule has 0 radical (unpaired) electrons. The van der Waals surface area contributed by atoms with Crippen molar-refractivity contribution in [3.63, 3.8) is 0 Å². The first kappa shape index (κ1) is 18.1. The number of amides is 1. The van der Waals surface area contributed by atoms with Gasteiger partial charge in [-0.2, -0.15) is 18.3 Å². The molecular weight excluding hydrogens is 333 g/mol. The lowest BCUT2D eigenvalue weighted by Crippen LogP contribution is -2.49. The number of rotatable bonds is 2. The highest BCUT2D eigenvalue weighted by Crippen LogP contribution is 2.42. The third-order valence-corrected chi connectivity index (χ3v) is 5.17. The van der Waals surface area contributed by atoms with Crippen LogP contribution in [0.5, 0.6) is 0 Å². The second-order valence-electron chi connectivity index (χ2n) is 7.50. The van der Waals surface area contributed by atoms with Crippen LogP contribution in [0.1, 0.15) is 44.8 Å². The summed E-state index contributed by atoms with van der Waals surface area (Å²) in [7, 11) is 0. The van der Waals surface area contributed by atoms with Gasteiger partial charge in [0.2, 0.25) is 5.91 Å². The summed E-state index contributed by atoms with van der Waals surface area (Å²) in [5, 5.41) is 7.26. The normalized spacial score (nSPS) is 27.2. The van der Waals surface area contributed by atoms with Crippen LogP contribution < -0.4 is 5.32 Å². The van der Waals surface area contributed by atoms with E-state index in [1.54, 1.807) is 17.9 Å². The van der Waals surface area contributed by atoms with Crippen LogP contribution in [0.2, 0.25) is 0 Å². The highest BCUT2D eigenvalue weighted by Gasteiger charge is 2.47. The van der Waals surface area contributed by atoms with Gasteiger partial charge in [-0.05, 0) is 32.1 Å². The molecule has 1 N–H and O–H groups in total. The lowest BCUT2D eigenvalue weighted by Gasteiger charge is -2.42. The van der Waals surface area contributed by atoms with Crippen LogP contribution in [0.3, 0.4) is 0 Å². The van der Waals surface area contributed by atoms with Gasteiger partial charge in [-0.15, -0.1) is 0 Å². The Kier molecular flexibility index (Phi) is 4.72. The van der Waals surface area contributed by atoms with Gasteiger partial charge < -0.3 is 10.2 Å². The van der Waals surface area contributed by atoms with E-state index in [9.17, 15) is 18.0 Å². The maximum Gasteiger partial charge on any atom is 0.410 e.